The first kappa shape index (κ1) is 21.8. The van der Waals surface area contributed by atoms with Crippen LogP contribution in [0.25, 0.3) is 0 Å². The number of ether oxygens (including phenoxy) is 1. The quantitative estimate of drug-likeness (QED) is 0.754. The third-order valence-electron chi connectivity index (χ3n) is 7.21. The van der Waals surface area contributed by atoms with E-state index in [1.54, 1.807) is 0 Å². The number of unbranched alkanes of at least 4 members (excludes halogenated alkanes) is 1. The number of nitrogens with zero attached hydrogens (tertiary/aromatic N) is 2. The molecule has 0 aliphatic carbocycles. The first-order valence-electron chi connectivity index (χ1n) is 12.1. The summed E-state index contributed by atoms with van der Waals surface area (Å²) in [6, 6.07) is 9.61. The zero-order chi connectivity index (χ0) is 20.8. The van der Waals surface area contributed by atoms with Crippen LogP contribution in [0.5, 0.6) is 0 Å². The standard InChI is InChI=1S/C26H38N2O2/c1-2-3-4-7-21-8-10-23(11-9-21)26-24-19-27(18-22-12-16-30-17-13-22)14-5-6-15-28(24)25(26)20-29/h8-11,22,24-26,29H,2-3,5-6,12-20H2,1H3/t24-,25-,26+/m0/s1. The van der Waals surface area contributed by atoms with Gasteiger partial charge in [0.15, 0.2) is 0 Å². The minimum absolute atomic E-state index is 0.249. The van der Waals surface area contributed by atoms with Gasteiger partial charge in [-0.15, -0.1) is 0 Å². The van der Waals surface area contributed by atoms with E-state index in [2.05, 4.69) is 52.8 Å². The van der Waals surface area contributed by atoms with Gasteiger partial charge in [0.1, 0.15) is 0 Å². The van der Waals surface area contributed by atoms with Crippen LogP contribution in [0.2, 0.25) is 0 Å². The van der Waals surface area contributed by atoms with E-state index >= 15 is 0 Å². The minimum atomic E-state index is 0.249. The molecule has 3 fully saturated rings. The molecule has 164 valence electrons. The second kappa shape index (κ2) is 10.8. The summed E-state index contributed by atoms with van der Waals surface area (Å²) in [5, 5.41) is 10.2. The Balaban J connectivity index is 1.46. The van der Waals surface area contributed by atoms with Crippen molar-refractivity contribution < 1.29 is 9.84 Å². The molecule has 4 rings (SSSR count). The van der Waals surface area contributed by atoms with Crippen molar-refractivity contribution in [3.63, 3.8) is 0 Å². The van der Waals surface area contributed by atoms with Crippen LogP contribution in [0.15, 0.2) is 24.3 Å². The predicted octanol–water partition coefficient (Wildman–Crippen LogP) is 3.49. The Hall–Kier alpha value is -1.38. The van der Waals surface area contributed by atoms with Crippen LogP contribution in [0.4, 0.5) is 0 Å². The van der Waals surface area contributed by atoms with Crippen molar-refractivity contribution in [3.8, 4) is 11.8 Å². The maximum atomic E-state index is 10.2. The number of hydrogen-bond acceptors (Lipinski definition) is 4. The summed E-state index contributed by atoms with van der Waals surface area (Å²) < 4.78 is 5.56. The maximum absolute atomic E-state index is 10.2. The Morgan fingerprint density at radius 1 is 1.10 bits per heavy atom. The first-order chi connectivity index (χ1) is 14.8. The first-order valence-corrected chi connectivity index (χ1v) is 12.1. The van der Waals surface area contributed by atoms with E-state index in [-0.39, 0.29) is 12.6 Å². The van der Waals surface area contributed by atoms with Crippen LogP contribution >= 0.6 is 0 Å². The number of fused-ring (bicyclic) bond motifs is 1. The highest BCUT2D eigenvalue weighted by molar-refractivity contribution is 5.39. The summed E-state index contributed by atoms with van der Waals surface area (Å²) in [4.78, 5) is 5.29. The normalized spacial score (nSPS) is 28.5. The van der Waals surface area contributed by atoms with E-state index in [1.807, 2.05) is 0 Å². The van der Waals surface area contributed by atoms with Crippen LogP contribution < -0.4 is 0 Å². The molecule has 0 spiro atoms. The molecule has 3 heterocycles. The molecule has 0 radical (unpaired) electrons. The Bertz CT molecular complexity index is 717. The van der Waals surface area contributed by atoms with E-state index in [9.17, 15) is 5.11 Å². The maximum Gasteiger partial charge on any atom is 0.0593 e. The van der Waals surface area contributed by atoms with Gasteiger partial charge in [-0.2, -0.15) is 0 Å². The Morgan fingerprint density at radius 3 is 2.60 bits per heavy atom. The lowest BCUT2D eigenvalue weighted by Crippen LogP contribution is -2.67. The summed E-state index contributed by atoms with van der Waals surface area (Å²) in [6.45, 7) is 8.93. The molecule has 1 aromatic rings. The third kappa shape index (κ3) is 5.08. The summed E-state index contributed by atoms with van der Waals surface area (Å²) in [5.74, 6) is 7.71. The summed E-state index contributed by atoms with van der Waals surface area (Å²) in [6.07, 6.45) is 6.96. The number of aliphatic hydroxyl groups excluding tert-OH is 1. The zero-order valence-electron chi connectivity index (χ0n) is 18.6. The fourth-order valence-corrected chi connectivity index (χ4v) is 5.55. The molecule has 0 saturated carbocycles. The highest BCUT2D eigenvalue weighted by atomic mass is 16.5. The summed E-state index contributed by atoms with van der Waals surface area (Å²) >= 11 is 0. The topological polar surface area (TPSA) is 35.9 Å². The van der Waals surface area contributed by atoms with Crippen LogP contribution in [0.3, 0.4) is 0 Å². The molecule has 0 unspecified atom stereocenters. The van der Waals surface area contributed by atoms with Gasteiger partial charge in [0.25, 0.3) is 0 Å². The number of aliphatic hydroxyl groups is 1. The SMILES string of the molecule is CCCC#Cc1ccc([C@H]2[C@H](CO)N3CCCCN(CC4CCOCC4)C[C@@H]23)cc1. The van der Waals surface area contributed by atoms with E-state index in [0.29, 0.717) is 12.0 Å². The van der Waals surface area contributed by atoms with Crippen molar-refractivity contribution in [1.29, 1.82) is 0 Å². The zero-order valence-corrected chi connectivity index (χ0v) is 18.6. The highest BCUT2D eigenvalue weighted by Gasteiger charge is 2.49. The average Bonchev–Trinajstić information content (AvgIpc) is 2.76. The van der Waals surface area contributed by atoms with Crippen molar-refractivity contribution >= 4 is 0 Å². The molecular formula is C26H38N2O2. The van der Waals surface area contributed by atoms with Gasteiger partial charge < -0.3 is 14.7 Å². The van der Waals surface area contributed by atoms with Crippen LogP contribution in [0.1, 0.15) is 62.5 Å². The van der Waals surface area contributed by atoms with E-state index < -0.39 is 0 Å². The van der Waals surface area contributed by atoms with Gasteiger partial charge in [-0.1, -0.05) is 30.9 Å². The molecule has 0 amide bonds. The third-order valence-corrected chi connectivity index (χ3v) is 7.21. The Kier molecular flexibility index (Phi) is 7.84. The summed E-state index contributed by atoms with van der Waals surface area (Å²) in [7, 11) is 0. The smallest absolute Gasteiger partial charge is 0.0593 e. The fraction of sp³-hybridized carbons (Fsp3) is 0.692. The molecule has 0 bridgehead atoms. The second-order valence-corrected chi connectivity index (χ2v) is 9.28. The van der Waals surface area contributed by atoms with Gasteiger partial charge >= 0.3 is 0 Å². The van der Waals surface area contributed by atoms with E-state index in [4.69, 9.17) is 4.74 Å². The lowest BCUT2D eigenvalue weighted by atomic mass is 9.74. The molecule has 30 heavy (non-hydrogen) atoms. The van der Waals surface area contributed by atoms with Gasteiger partial charge in [-0.3, -0.25) is 4.90 Å². The highest BCUT2D eigenvalue weighted by Crippen LogP contribution is 2.42. The molecular weight excluding hydrogens is 372 g/mol. The lowest BCUT2D eigenvalue weighted by Gasteiger charge is -2.57. The van der Waals surface area contributed by atoms with Gasteiger partial charge in [0.2, 0.25) is 0 Å². The van der Waals surface area contributed by atoms with Gasteiger partial charge in [-0.25, -0.2) is 0 Å². The van der Waals surface area contributed by atoms with Crippen LogP contribution in [-0.4, -0.2) is 73.0 Å². The van der Waals surface area contributed by atoms with Gasteiger partial charge in [0.05, 0.1) is 6.61 Å². The summed E-state index contributed by atoms with van der Waals surface area (Å²) in [5.41, 5.74) is 2.46. The molecule has 3 saturated heterocycles. The van der Waals surface area contributed by atoms with Gasteiger partial charge in [0, 0.05) is 56.3 Å². The molecule has 3 aliphatic heterocycles. The monoisotopic (exact) mass is 410 g/mol. The number of hydrogen-bond donors (Lipinski definition) is 1. The molecule has 1 aromatic carbocycles. The van der Waals surface area contributed by atoms with Crippen LogP contribution in [-0.2, 0) is 4.74 Å². The molecule has 3 aliphatic rings. The fourth-order valence-electron chi connectivity index (χ4n) is 5.55. The number of rotatable bonds is 5. The van der Waals surface area contributed by atoms with Crippen molar-refractivity contribution in [3.05, 3.63) is 35.4 Å². The lowest BCUT2D eigenvalue weighted by molar-refractivity contribution is -0.0677. The van der Waals surface area contributed by atoms with Crippen molar-refractivity contribution in [2.75, 3.05) is 46.0 Å². The Labute approximate surface area is 182 Å². The van der Waals surface area contributed by atoms with Crippen LogP contribution in [0, 0.1) is 17.8 Å². The van der Waals surface area contributed by atoms with Gasteiger partial charge in [-0.05, 0) is 68.8 Å². The average molecular weight is 411 g/mol. The molecule has 0 aromatic heterocycles. The van der Waals surface area contributed by atoms with Crippen molar-refractivity contribution in [2.24, 2.45) is 5.92 Å². The van der Waals surface area contributed by atoms with E-state index in [1.165, 1.54) is 44.3 Å². The van der Waals surface area contributed by atoms with E-state index in [0.717, 1.165) is 50.6 Å². The molecule has 3 atom stereocenters. The minimum Gasteiger partial charge on any atom is -0.395 e. The largest absolute Gasteiger partial charge is 0.395 e. The molecule has 1 N–H and O–H groups in total. The van der Waals surface area contributed by atoms with Crippen molar-refractivity contribution in [1.82, 2.24) is 9.80 Å². The Morgan fingerprint density at radius 2 is 1.87 bits per heavy atom. The predicted molar refractivity (Wildman–Crippen MR) is 122 cm³/mol. The molecule has 4 heteroatoms. The molecule has 4 nitrogen and oxygen atoms in total. The van der Waals surface area contributed by atoms with Crippen molar-refractivity contribution in [2.45, 2.75) is 63.5 Å². The number of benzene rings is 1. The second-order valence-electron chi connectivity index (χ2n) is 9.28.